The van der Waals surface area contributed by atoms with Crippen molar-refractivity contribution in [3.63, 3.8) is 0 Å². The van der Waals surface area contributed by atoms with E-state index in [2.05, 4.69) is 4.98 Å². The molecule has 0 spiro atoms. The number of benzene rings is 2. The molecule has 1 heterocycles. The van der Waals surface area contributed by atoms with Crippen LogP contribution in [-0.4, -0.2) is 16.1 Å². The number of hydrogen-bond donors (Lipinski definition) is 1. The molecule has 6 heteroatoms. The third-order valence-corrected chi connectivity index (χ3v) is 4.30. The number of aryl methyl sites for hydroxylation is 1. The molecule has 0 amide bonds. The maximum absolute atomic E-state index is 10.6. The van der Waals surface area contributed by atoms with Crippen molar-refractivity contribution in [2.24, 2.45) is 0 Å². The van der Waals surface area contributed by atoms with Crippen molar-refractivity contribution >= 4 is 23.6 Å². The molecule has 0 aliphatic heterocycles. The Kier molecular flexibility index (Phi) is 6.29. The smallest absolute Gasteiger partial charge is 0.328 e. The van der Waals surface area contributed by atoms with Crippen LogP contribution in [0.15, 0.2) is 66.9 Å². The lowest BCUT2D eigenvalue weighted by Crippen LogP contribution is -1.97. The maximum atomic E-state index is 10.6. The first-order valence-electron chi connectivity index (χ1n) is 8.53. The first-order valence-corrected chi connectivity index (χ1v) is 8.91. The lowest BCUT2D eigenvalue weighted by molar-refractivity contribution is -0.131. The minimum absolute atomic E-state index is 0.353. The maximum Gasteiger partial charge on any atom is 0.328 e. The van der Waals surface area contributed by atoms with E-state index in [1.165, 1.54) is 0 Å². The number of carboxylic acid groups (broad SMARTS) is 1. The van der Waals surface area contributed by atoms with Crippen LogP contribution in [0.4, 0.5) is 0 Å². The number of hydrogen-bond acceptors (Lipinski definition) is 4. The SMILES string of the molecule is Cc1cc(Oc2ccc(OCc3ccccc3Cl)cn2)ccc1/C=C/C(=O)O. The lowest BCUT2D eigenvalue weighted by atomic mass is 10.1. The fourth-order valence-corrected chi connectivity index (χ4v) is 2.66. The molecule has 28 heavy (non-hydrogen) atoms. The van der Waals surface area contributed by atoms with Gasteiger partial charge in [0.05, 0.1) is 6.20 Å². The Bertz CT molecular complexity index is 1000. The van der Waals surface area contributed by atoms with Crippen molar-refractivity contribution in [1.82, 2.24) is 4.98 Å². The second kappa shape index (κ2) is 9.06. The number of carboxylic acids is 1. The van der Waals surface area contributed by atoms with Crippen LogP contribution >= 0.6 is 11.6 Å². The summed E-state index contributed by atoms with van der Waals surface area (Å²) in [6, 6.07) is 16.4. The third-order valence-electron chi connectivity index (χ3n) is 3.93. The van der Waals surface area contributed by atoms with E-state index in [1.54, 1.807) is 36.5 Å². The summed E-state index contributed by atoms with van der Waals surface area (Å²) in [6.45, 7) is 2.24. The molecule has 0 aliphatic rings. The largest absolute Gasteiger partial charge is 0.487 e. The molecule has 3 rings (SSSR count). The summed E-state index contributed by atoms with van der Waals surface area (Å²) in [5.74, 6) is 0.666. The van der Waals surface area contributed by atoms with E-state index in [4.69, 9.17) is 26.2 Å². The fraction of sp³-hybridized carbons (Fsp3) is 0.0909. The fourth-order valence-electron chi connectivity index (χ4n) is 2.47. The molecule has 0 bridgehead atoms. The highest BCUT2D eigenvalue weighted by Crippen LogP contribution is 2.25. The molecule has 1 N–H and O–H groups in total. The van der Waals surface area contributed by atoms with Gasteiger partial charge in [0, 0.05) is 22.7 Å². The third kappa shape index (κ3) is 5.34. The Hall–Kier alpha value is -3.31. The van der Waals surface area contributed by atoms with E-state index in [1.807, 2.05) is 37.3 Å². The summed E-state index contributed by atoms with van der Waals surface area (Å²) in [5.41, 5.74) is 2.61. The van der Waals surface area contributed by atoms with E-state index < -0.39 is 5.97 Å². The molecule has 3 aromatic rings. The predicted octanol–water partition coefficient (Wildman–Crippen LogP) is 5.51. The highest BCUT2D eigenvalue weighted by atomic mass is 35.5. The molecule has 5 nitrogen and oxygen atoms in total. The van der Waals surface area contributed by atoms with Crippen LogP contribution in [0, 0.1) is 6.92 Å². The van der Waals surface area contributed by atoms with Crippen molar-refractivity contribution in [3.8, 4) is 17.4 Å². The average molecular weight is 396 g/mol. The summed E-state index contributed by atoms with van der Waals surface area (Å²) < 4.78 is 11.4. The summed E-state index contributed by atoms with van der Waals surface area (Å²) >= 11 is 6.12. The van der Waals surface area contributed by atoms with Gasteiger partial charge in [0.2, 0.25) is 5.88 Å². The van der Waals surface area contributed by atoms with E-state index in [0.717, 1.165) is 22.8 Å². The Morgan fingerprint density at radius 2 is 1.93 bits per heavy atom. The van der Waals surface area contributed by atoms with Crippen LogP contribution in [0.5, 0.6) is 17.4 Å². The van der Waals surface area contributed by atoms with Crippen LogP contribution in [0.25, 0.3) is 6.08 Å². The molecule has 2 aromatic carbocycles. The quantitative estimate of drug-likeness (QED) is 0.534. The van der Waals surface area contributed by atoms with Gasteiger partial charge in [-0.25, -0.2) is 9.78 Å². The van der Waals surface area contributed by atoms with Gasteiger partial charge in [0.15, 0.2) is 0 Å². The van der Waals surface area contributed by atoms with Gasteiger partial charge in [-0.2, -0.15) is 0 Å². The van der Waals surface area contributed by atoms with E-state index in [9.17, 15) is 4.79 Å². The predicted molar refractivity (Wildman–Crippen MR) is 108 cm³/mol. The summed E-state index contributed by atoms with van der Waals surface area (Å²) in [6.07, 6.45) is 4.24. The monoisotopic (exact) mass is 395 g/mol. The van der Waals surface area contributed by atoms with Crippen molar-refractivity contribution in [3.05, 3.63) is 88.6 Å². The van der Waals surface area contributed by atoms with Crippen LogP contribution in [-0.2, 0) is 11.4 Å². The molecule has 0 atom stereocenters. The summed E-state index contributed by atoms with van der Waals surface area (Å²) in [4.78, 5) is 14.9. The molecule has 0 radical (unpaired) electrons. The number of nitrogens with zero attached hydrogens (tertiary/aromatic N) is 1. The normalized spacial score (nSPS) is 10.8. The van der Waals surface area contributed by atoms with Gasteiger partial charge in [0.25, 0.3) is 0 Å². The molecular weight excluding hydrogens is 378 g/mol. The Morgan fingerprint density at radius 1 is 1.14 bits per heavy atom. The van der Waals surface area contributed by atoms with Gasteiger partial charge in [-0.1, -0.05) is 35.9 Å². The second-order valence-electron chi connectivity index (χ2n) is 6.00. The lowest BCUT2D eigenvalue weighted by Gasteiger charge is -2.09. The standard InChI is InChI=1S/C22H18ClNO4/c1-15-12-18(8-6-16(15)7-11-22(25)26)28-21-10-9-19(13-24-21)27-14-17-4-2-3-5-20(17)23/h2-13H,14H2,1H3,(H,25,26)/b11-7+. The van der Waals surface area contributed by atoms with Crippen molar-refractivity contribution < 1.29 is 19.4 Å². The summed E-state index contributed by atoms with van der Waals surface area (Å²) in [5, 5.41) is 9.38. The number of aliphatic carboxylic acids is 1. The molecule has 0 unspecified atom stereocenters. The highest BCUT2D eigenvalue weighted by molar-refractivity contribution is 6.31. The van der Waals surface area contributed by atoms with E-state index >= 15 is 0 Å². The molecular formula is C22H18ClNO4. The number of rotatable bonds is 7. The minimum atomic E-state index is -0.985. The Morgan fingerprint density at radius 3 is 2.61 bits per heavy atom. The zero-order valence-electron chi connectivity index (χ0n) is 15.1. The van der Waals surface area contributed by atoms with Gasteiger partial charge >= 0.3 is 5.97 Å². The highest BCUT2D eigenvalue weighted by Gasteiger charge is 2.04. The van der Waals surface area contributed by atoms with Crippen LogP contribution in [0.1, 0.15) is 16.7 Å². The number of ether oxygens (including phenoxy) is 2. The van der Waals surface area contributed by atoms with Crippen molar-refractivity contribution in [2.75, 3.05) is 0 Å². The van der Waals surface area contributed by atoms with Crippen molar-refractivity contribution in [2.45, 2.75) is 13.5 Å². The van der Waals surface area contributed by atoms with Crippen molar-refractivity contribution in [1.29, 1.82) is 0 Å². The molecule has 0 aliphatic carbocycles. The first-order chi connectivity index (χ1) is 13.5. The summed E-state index contributed by atoms with van der Waals surface area (Å²) in [7, 11) is 0. The van der Waals surface area contributed by atoms with Crippen LogP contribution in [0.3, 0.4) is 0 Å². The number of carbonyl (C=O) groups is 1. The molecule has 0 saturated carbocycles. The van der Waals surface area contributed by atoms with Crippen LogP contribution in [0.2, 0.25) is 5.02 Å². The van der Waals surface area contributed by atoms with Gasteiger partial charge < -0.3 is 14.6 Å². The van der Waals surface area contributed by atoms with Crippen LogP contribution < -0.4 is 9.47 Å². The van der Waals surface area contributed by atoms with E-state index in [0.29, 0.717) is 29.0 Å². The van der Waals surface area contributed by atoms with Gasteiger partial charge in [-0.3, -0.25) is 0 Å². The first kappa shape index (κ1) is 19.5. The Balaban J connectivity index is 1.62. The zero-order valence-corrected chi connectivity index (χ0v) is 15.9. The van der Waals surface area contributed by atoms with Gasteiger partial charge in [-0.05, 0) is 48.4 Å². The minimum Gasteiger partial charge on any atom is -0.487 e. The van der Waals surface area contributed by atoms with E-state index in [-0.39, 0.29) is 0 Å². The second-order valence-corrected chi connectivity index (χ2v) is 6.41. The van der Waals surface area contributed by atoms with Gasteiger partial charge in [-0.15, -0.1) is 0 Å². The number of halogens is 1. The number of aromatic nitrogens is 1. The zero-order chi connectivity index (χ0) is 19.9. The molecule has 0 fully saturated rings. The average Bonchev–Trinajstić information content (AvgIpc) is 2.68. The van der Waals surface area contributed by atoms with Gasteiger partial charge in [0.1, 0.15) is 18.1 Å². The topological polar surface area (TPSA) is 68.7 Å². The molecule has 0 saturated heterocycles. The molecule has 142 valence electrons. The molecule has 1 aromatic heterocycles. The number of pyridine rings is 1. The Labute approximate surface area is 167 Å².